The number of aromatic nitrogens is 1. The second-order valence-electron chi connectivity index (χ2n) is 6.31. The second-order valence-corrected chi connectivity index (χ2v) is 6.31. The van der Waals surface area contributed by atoms with E-state index in [1.165, 1.54) is 24.4 Å². The molecule has 0 radical (unpaired) electrons. The highest BCUT2D eigenvalue weighted by molar-refractivity contribution is 6.00. The molecule has 0 aliphatic heterocycles. The molecule has 0 saturated heterocycles. The molecule has 152 valence electrons. The number of nitrogens with zero attached hydrogens (tertiary/aromatic N) is 2. The summed E-state index contributed by atoms with van der Waals surface area (Å²) in [6.07, 6.45) is -4.11. The van der Waals surface area contributed by atoms with Crippen LogP contribution in [0.25, 0.3) is 22.8 Å². The van der Waals surface area contributed by atoms with Gasteiger partial charge in [0.05, 0.1) is 23.7 Å². The van der Waals surface area contributed by atoms with E-state index in [4.69, 9.17) is 4.42 Å². The van der Waals surface area contributed by atoms with Crippen LogP contribution in [0.1, 0.15) is 23.7 Å². The van der Waals surface area contributed by atoms with Gasteiger partial charge >= 0.3 is 6.18 Å². The smallest absolute Gasteiger partial charge is 0.390 e. The van der Waals surface area contributed by atoms with Gasteiger partial charge in [-0.25, -0.2) is 9.37 Å². The monoisotopic (exact) mass is 406 g/mol. The summed E-state index contributed by atoms with van der Waals surface area (Å²) in [7, 11) is 0. The van der Waals surface area contributed by atoms with Crippen molar-refractivity contribution in [1.82, 2.24) is 9.88 Å². The lowest BCUT2D eigenvalue weighted by Gasteiger charge is -2.22. The molecule has 0 aliphatic rings. The standard InChI is InChI=1S/C21H18F4N2O2/c1-2-27(12-11-21(23,24)25)20(28)15-8-4-3-7-14(15)19-26-13-18(29-19)16-9-5-6-10-17(16)22/h3-10,13H,2,11-12H2,1H3. The lowest BCUT2D eigenvalue weighted by Crippen LogP contribution is -2.34. The van der Waals surface area contributed by atoms with Crippen LogP contribution in [0.5, 0.6) is 0 Å². The van der Waals surface area contributed by atoms with Crippen molar-refractivity contribution in [2.45, 2.75) is 19.5 Å². The van der Waals surface area contributed by atoms with Crippen LogP contribution in [0.4, 0.5) is 17.6 Å². The molecule has 1 heterocycles. The molecule has 8 heteroatoms. The van der Waals surface area contributed by atoms with Gasteiger partial charge in [0.1, 0.15) is 5.82 Å². The molecule has 0 atom stereocenters. The van der Waals surface area contributed by atoms with Crippen molar-refractivity contribution in [3.05, 3.63) is 66.1 Å². The molecule has 1 aromatic heterocycles. The number of hydrogen-bond donors (Lipinski definition) is 0. The number of halogens is 4. The first-order valence-corrected chi connectivity index (χ1v) is 8.96. The minimum absolute atomic E-state index is 0.0825. The maximum atomic E-state index is 14.0. The van der Waals surface area contributed by atoms with E-state index in [2.05, 4.69) is 4.98 Å². The lowest BCUT2D eigenvalue weighted by atomic mass is 10.1. The Kier molecular flexibility index (Phi) is 6.00. The van der Waals surface area contributed by atoms with Gasteiger partial charge in [0.15, 0.2) is 5.76 Å². The van der Waals surface area contributed by atoms with E-state index in [1.54, 1.807) is 37.3 Å². The molecule has 0 aliphatic carbocycles. The van der Waals surface area contributed by atoms with E-state index < -0.39 is 30.9 Å². The summed E-state index contributed by atoms with van der Waals surface area (Å²) < 4.78 is 57.3. The highest BCUT2D eigenvalue weighted by atomic mass is 19.4. The fourth-order valence-electron chi connectivity index (χ4n) is 2.88. The number of carbonyl (C=O) groups excluding carboxylic acids is 1. The zero-order chi connectivity index (χ0) is 21.0. The third-order valence-electron chi connectivity index (χ3n) is 4.37. The number of rotatable bonds is 6. The van der Waals surface area contributed by atoms with Crippen LogP contribution < -0.4 is 0 Å². The van der Waals surface area contributed by atoms with Gasteiger partial charge in [0.25, 0.3) is 5.91 Å². The van der Waals surface area contributed by atoms with Crippen LogP contribution in [0.2, 0.25) is 0 Å². The molecule has 0 unspecified atom stereocenters. The summed E-state index contributed by atoms with van der Waals surface area (Å²) >= 11 is 0. The van der Waals surface area contributed by atoms with Crippen LogP contribution in [0, 0.1) is 5.82 Å². The highest BCUT2D eigenvalue weighted by Gasteiger charge is 2.29. The van der Waals surface area contributed by atoms with E-state index in [9.17, 15) is 22.4 Å². The molecular formula is C21H18F4N2O2. The van der Waals surface area contributed by atoms with Crippen molar-refractivity contribution in [3.63, 3.8) is 0 Å². The Morgan fingerprint density at radius 1 is 1.07 bits per heavy atom. The van der Waals surface area contributed by atoms with E-state index in [-0.39, 0.29) is 29.3 Å². The first kappa shape index (κ1) is 20.6. The van der Waals surface area contributed by atoms with Crippen LogP contribution in [-0.4, -0.2) is 35.1 Å². The Labute approximate surface area is 164 Å². The normalized spacial score (nSPS) is 11.5. The number of carbonyl (C=O) groups is 1. The third-order valence-corrected chi connectivity index (χ3v) is 4.37. The molecule has 3 aromatic rings. The molecule has 0 saturated carbocycles. The summed E-state index contributed by atoms with van der Waals surface area (Å²) in [5.41, 5.74) is 0.708. The Balaban J connectivity index is 1.91. The minimum Gasteiger partial charge on any atom is -0.436 e. The zero-order valence-corrected chi connectivity index (χ0v) is 15.5. The van der Waals surface area contributed by atoms with Gasteiger partial charge in [-0.05, 0) is 31.2 Å². The van der Waals surface area contributed by atoms with Crippen molar-refractivity contribution >= 4 is 5.91 Å². The summed E-state index contributed by atoms with van der Waals surface area (Å²) in [5.74, 6) is -0.772. The van der Waals surface area contributed by atoms with Crippen molar-refractivity contribution in [2.24, 2.45) is 0 Å². The number of benzene rings is 2. The van der Waals surface area contributed by atoms with Gasteiger partial charge < -0.3 is 9.32 Å². The van der Waals surface area contributed by atoms with Crippen LogP contribution >= 0.6 is 0 Å². The summed E-state index contributed by atoms with van der Waals surface area (Å²) in [6.45, 7) is 1.28. The van der Waals surface area contributed by atoms with E-state index >= 15 is 0 Å². The molecule has 3 rings (SSSR count). The zero-order valence-electron chi connectivity index (χ0n) is 15.5. The van der Waals surface area contributed by atoms with Crippen LogP contribution in [0.3, 0.4) is 0 Å². The average Bonchev–Trinajstić information content (AvgIpc) is 3.17. The third kappa shape index (κ3) is 4.82. The quantitative estimate of drug-likeness (QED) is 0.504. The Morgan fingerprint density at radius 3 is 2.38 bits per heavy atom. The summed E-state index contributed by atoms with van der Waals surface area (Å²) in [6, 6.07) is 12.4. The van der Waals surface area contributed by atoms with E-state index in [1.807, 2.05) is 0 Å². The topological polar surface area (TPSA) is 46.3 Å². The molecule has 1 amide bonds. The lowest BCUT2D eigenvalue weighted by molar-refractivity contribution is -0.136. The Morgan fingerprint density at radius 2 is 1.72 bits per heavy atom. The van der Waals surface area contributed by atoms with Crippen molar-refractivity contribution in [1.29, 1.82) is 0 Å². The Hall–Kier alpha value is -3.16. The van der Waals surface area contributed by atoms with Gasteiger partial charge in [0, 0.05) is 18.7 Å². The van der Waals surface area contributed by atoms with Crippen LogP contribution in [0.15, 0.2) is 59.1 Å². The first-order chi connectivity index (χ1) is 13.8. The van der Waals surface area contributed by atoms with Gasteiger partial charge in [-0.3, -0.25) is 4.79 Å². The number of alkyl halides is 3. The first-order valence-electron chi connectivity index (χ1n) is 8.96. The number of oxazole rings is 1. The maximum Gasteiger partial charge on any atom is 0.390 e. The van der Waals surface area contributed by atoms with E-state index in [0.29, 0.717) is 5.56 Å². The molecule has 0 spiro atoms. The predicted molar refractivity (Wildman–Crippen MR) is 99.6 cm³/mol. The van der Waals surface area contributed by atoms with Crippen molar-refractivity contribution < 1.29 is 26.8 Å². The molecule has 29 heavy (non-hydrogen) atoms. The highest BCUT2D eigenvalue weighted by Crippen LogP contribution is 2.30. The summed E-state index contributed by atoms with van der Waals surface area (Å²) in [4.78, 5) is 18.1. The molecule has 0 N–H and O–H groups in total. The SMILES string of the molecule is CCN(CCC(F)(F)F)C(=O)c1ccccc1-c1ncc(-c2ccccc2F)o1. The minimum atomic E-state index is -4.36. The number of amides is 1. The second kappa shape index (κ2) is 8.46. The fourth-order valence-corrected chi connectivity index (χ4v) is 2.88. The maximum absolute atomic E-state index is 14.0. The largest absolute Gasteiger partial charge is 0.436 e. The Bertz CT molecular complexity index is 998. The average molecular weight is 406 g/mol. The number of hydrogen-bond acceptors (Lipinski definition) is 3. The van der Waals surface area contributed by atoms with Gasteiger partial charge in [0.2, 0.25) is 5.89 Å². The molecular weight excluding hydrogens is 388 g/mol. The predicted octanol–water partition coefficient (Wildman–Crippen LogP) is 5.56. The van der Waals surface area contributed by atoms with Gasteiger partial charge in [-0.2, -0.15) is 13.2 Å². The molecule has 0 fully saturated rings. The van der Waals surface area contributed by atoms with Crippen LogP contribution in [-0.2, 0) is 0 Å². The van der Waals surface area contributed by atoms with E-state index in [0.717, 1.165) is 4.90 Å². The van der Waals surface area contributed by atoms with Crippen molar-refractivity contribution in [2.75, 3.05) is 13.1 Å². The van der Waals surface area contributed by atoms with Gasteiger partial charge in [-0.15, -0.1) is 0 Å². The molecule has 0 bridgehead atoms. The van der Waals surface area contributed by atoms with Crippen molar-refractivity contribution in [3.8, 4) is 22.8 Å². The molecule has 2 aromatic carbocycles. The summed E-state index contributed by atoms with van der Waals surface area (Å²) in [5, 5.41) is 0. The molecule has 4 nitrogen and oxygen atoms in total. The van der Waals surface area contributed by atoms with Gasteiger partial charge in [-0.1, -0.05) is 24.3 Å². The fraction of sp³-hybridized carbons (Fsp3) is 0.238.